The Morgan fingerprint density at radius 1 is 1.11 bits per heavy atom. The number of rotatable bonds is 8. The first kappa shape index (κ1) is 26.0. The molecule has 1 saturated heterocycles. The number of hydrogen-bond acceptors (Lipinski definition) is 8. The quantitative estimate of drug-likeness (QED) is 0.521. The second kappa shape index (κ2) is 11.2. The monoisotopic (exact) mass is 507 g/mol. The summed E-state index contributed by atoms with van der Waals surface area (Å²) in [5, 5.41) is 16.9. The van der Waals surface area contributed by atoms with E-state index < -0.39 is 33.8 Å². The summed E-state index contributed by atoms with van der Waals surface area (Å²) in [4.78, 5) is 40.9. The van der Waals surface area contributed by atoms with Crippen molar-refractivity contribution < 1.29 is 32.6 Å². The highest BCUT2D eigenvalue weighted by molar-refractivity contribution is 7.90. The molecule has 2 aromatic rings. The van der Waals surface area contributed by atoms with Gasteiger partial charge in [-0.05, 0) is 25.5 Å². The second-order valence-electron chi connectivity index (χ2n) is 8.09. The van der Waals surface area contributed by atoms with E-state index in [0.717, 1.165) is 6.26 Å². The Balaban J connectivity index is 1.72. The number of hydrogen-bond donors (Lipinski definition) is 2. The zero-order valence-corrected chi connectivity index (χ0v) is 20.4. The third-order valence-corrected chi connectivity index (χ3v) is 6.40. The topological polar surface area (TPSA) is 151 Å². The molecule has 2 heterocycles. The lowest BCUT2D eigenvalue weighted by molar-refractivity contribution is -0.134. The largest absolute Gasteiger partial charge is 0.493 e. The molecule has 1 aliphatic rings. The van der Waals surface area contributed by atoms with E-state index in [1.54, 1.807) is 37.3 Å². The van der Waals surface area contributed by atoms with E-state index in [0.29, 0.717) is 5.69 Å². The summed E-state index contributed by atoms with van der Waals surface area (Å²) in [7, 11) is -3.40. The van der Waals surface area contributed by atoms with Gasteiger partial charge in [0, 0.05) is 38.5 Å². The third kappa shape index (κ3) is 6.94. The summed E-state index contributed by atoms with van der Waals surface area (Å²) in [6.07, 6.45) is 0.455. The fraction of sp³-hybridized carbons (Fsp3) is 0.455. The first-order chi connectivity index (χ1) is 16.6. The number of amides is 3. The van der Waals surface area contributed by atoms with Crippen LogP contribution in [-0.4, -0.2) is 102 Å². The molecule has 1 unspecified atom stereocenters. The van der Waals surface area contributed by atoms with Crippen LogP contribution in [-0.2, 0) is 19.4 Å². The van der Waals surface area contributed by atoms with Crippen molar-refractivity contribution in [3.8, 4) is 11.6 Å². The minimum atomic E-state index is -3.40. The van der Waals surface area contributed by atoms with E-state index in [4.69, 9.17) is 4.74 Å². The third-order valence-electron chi connectivity index (χ3n) is 5.42. The Bertz CT molecular complexity index is 1160. The molecular weight excluding hydrogens is 478 g/mol. The molecule has 190 valence electrons. The number of aromatic hydroxyl groups is 1. The average molecular weight is 508 g/mol. The zero-order valence-electron chi connectivity index (χ0n) is 19.6. The number of para-hydroxylation sites is 1. The molecule has 1 aromatic heterocycles. The molecule has 1 fully saturated rings. The SMILES string of the molecule is CCOC(=O)N1CCN(C(=O)C(CCS(C)(=O)=O)NC(=O)c2cc(O)n(-c3ccccc3)n2)CC1. The molecule has 0 aliphatic carbocycles. The van der Waals surface area contributed by atoms with Gasteiger partial charge in [-0.3, -0.25) is 9.59 Å². The van der Waals surface area contributed by atoms with E-state index >= 15 is 0 Å². The van der Waals surface area contributed by atoms with Crippen LogP contribution in [0.4, 0.5) is 4.79 Å². The number of piperazine rings is 1. The van der Waals surface area contributed by atoms with Crippen molar-refractivity contribution in [2.75, 3.05) is 44.8 Å². The molecule has 1 aromatic carbocycles. The molecule has 1 aliphatic heterocycles. The summed E-state index contributed by atoms with van der Waals surface area (Å²) in [6.45, 7) is 2.89. The normalized spacial score (nSPS) is 14.9. The number of sulfone groups is 1. The Morgan fingerprint density at radius 3 is 2.34 bits per heavy atom. The molecular formula is C22H29N5O7S. The number of ether oxygens (including phenoxy) is 1. The summed E-state index contributed by atoms with van der Waals surface area (Å²) in [5.74, 6) is -1.77. The van der Waals surface area contributed by atoms with Gasteiger partial charge in [-0.2, -0.15) is 5.10 Å². The molecule has 3 rings (SSSR count). The molecule has 0 spiro atoms. The van der Waals surface area contributed by atoms with Gasteiger partial charge in [0.05, 0.1) is 18.0 Å². The van der Waals surface area contributed by atoms with Crippen LogP contribution in [0.25, 0.3) is 5.69 Å². The number of carbonyl (C=O) groups excluding carboxylic acids is 3. The highest BCUT2D eigenvalue weighted by atomic mass is 32.2. The van der Waals surface area contributed by atoms with Crippen LogP contribution in [0.5, 0.6) is 5.88 Å². The van der Waals surface area contributed by atoms with E-state index in [2.05, 4.69) is 10.4 Å². The Hall–Kier alpha value is -3.61. The van der Waals surface area contributed by atoms with Gasteiger partial charge >= 0.3 is 6.09 Å². The second-order valence-corrected chi connectivity index (χ2v) is 10.4. The fourth-order valence-corrected chi connectivity index (χ4v) is 4.27. The molecule has 1 atom stereocenters. The molecule has 0 saturated carbocycles. The summed E-state index contributed by atoms with van der Waals surface area (Å²) in [6, 6.07) is 8.72. The van der Waals surface area contributed by atoms with Gasteiger partial charge < -0.3 is 25.0 Å². The van der Waals surface area contributed by atoms with Crippen LogP contribution < -0.4 is 5.32 Å². The molecule has 12 nitrogen and oxygen atoms in total. The zero-order chi connectivity index (χ0) is 25.6. The number of aromatic nitrogens is 2. The van der Waals surface area contributed by atoms with E-state index in [1.807, 2.05) is 0 Å². The Labute approximate surface area is 203 Å². The van der Waals surface area contributed by atoms with Crippen molar-refractivity contribution in [2.45, 2.75) is 19.4 Å². The van der Waals surface area contributed by atoms with Crippen molar-refractivity contribution in [3.05, 3.63) is 42.1 Å². The summed E-state index contributed by atoms with van der Waals surface area (Å²) < 4.78 is 29.6. The molecule has 13 heteroatoms. The van der Waals surface area contributed by atoms with Gasteiger partial charge in [0.25, 0.3) is 5.91 Å². The van der Waals surface area contributed by atoms with E-state index in [-0.39, 0.29) is 56.5 Å². The number of nitrogens with zero attached hydrogens (tertiary/aromatic N) is 4. The molecule has 0 bridgehead atoms. The van der Waals surface area contributed by atoms with Crippen molar-refractivity contribution in [1.82, 2.24) is 24.9 Å². The lowest BCUT2D eigenvalue weighted by Gasteiger charge is -2.35. The van der Waals surface area contributed by atoms with Crippen LogP contribution in [0.1, 0.15) is 23.8 Å². The fourth-order valence-electron chi connectivity index (χ4n) is 3.61. The number of carbonyl (C=O) groups is 3. The minimum Gasteiger partial charge on any atom is -0.493 e. The lowest BCUT2D eigenvalue weighted by Crippen LogP contribution is -2.56. The van der Waals surface area contributed by atoms with Crippen LogP contribution in [0, 0.1) is 0 Å². The maximum atomic E-state index is 13.2. The predicted molar refractivity (Wildman–Crippen MR) is 126 cm³/mol. The van der Waals surface area contributed by atoms with Crippen molar-refractivity contribution in [1.29, 1.82) is 0 Å². The minimum absolute atomic E-state index is 0.129. The molecule has 2 N–H and O–H groups in total. The molecule has 35 heavy (non-hydrogen) atoms. The van der Waals surface area contributed by atoms with Gasteiger partial charge in [-0.25, -0.2) is 17.9 Å². The van der Waals surface area contributed by atoms with Crippen molar-refractivity contribution >= 4 is 27.7 Å². The van der Waals surface area contributed by atoms with Crippen molar-refractivity contribution in [2.24, 2.45) is 0 Å². The van der Waals surface area contributed by atoms with Gasteiger partial charge in [0.1, 0.15) is 15.9 Å². The maximum absolute atomic E-state index is 13.2. The maximum Gasteiger partial charge on any atom is 0.409 e. The highest BCUT2D eigenvalue weighted by Gasteiger charge is 2.31. The standard InChI is InChI=1S/C22H29N5O7S/c1-3-34-22(31)26-12-10-25(11-13-26)21(30)17(9-14-35(2,32)33)23-20(29)18-15-19(28)27(24-18)16-7-5-4-6-8-16/h4-8,15,17,28H,3,9-14H2,1-2H3,(H,23,29). The predicted octanol–water partition coefficient (Wildman–Crippen LogP) is 0.412. The Morgan fingerprint density at radius 2 is 1.74 bits per heavy atom. The van der Waals surface area contributed by atoms with Crippen molar-refractivity contribution in [3.63, 3.8) is 0 Å². The summed E-state index contributed by atoms with van der Waals surface area (Å²) in [5.41, 5.74) is 0.406. The number of benzene rings is 1. The Kier molecular flexibility index (Phi) is 8.33. The van der Waals surface area contributed by atoms with Crippen LogP contribution in [0.3, 0.4) is 0 Å². The lowest BCUT2D eigenvalue weighted by atomic mass is 10.1. The highest BCUT2D eigenvalue weighted by Crippen LogP contribution is 2.18. The van der Waals surface area contributed by atoms with Crippen LogP contribution >= 0.6 is 0 Å². The average Bonchev–Trinajstić information content (AvgIpc) is 3.23. The molecule has 0 radical (unpaired) electrons. The van der Waals surface area contributed by atoms with Gasteiger partial charge in [-0.1, -0.05) is 18.2 Å². The smallest absolute Gasteiger partial charge is 0.409 e. The summed E-state index contributed by atoms with van der Waals surface area (Å²) >= 11 is 0. The van der Waals surface area contributed by atoms with Crippen LogP contribution in [0.2, 0.25) is 0 Å². The first-order valence-electron chi connectivity index (χ1n) is 11.1. The van der Waals surface area contributed by atoms with E-state index in [1.165, 1.54) is 20.5 Å². The molecule has 3 amide bonds. The first-order valence-corrected chi connectivity index (χ1v) is 13.2. The van der Waals surface area contributed by atoms with E-state index in [9.17, 15) is 27.9 Å². The van der Waals surface area contributed by atoms with Gasteiger partial charge in [-0.15, -0.1) is 0 Å². The van der Waals surface area contributed by atoms with Gasteiger partial charge in [0.15, 0.2) is 5.69 Å². The number of nitrogens with one attached hydrogen (secondary N) is 1. The van der Waals surface area contributed by atoms with Crippen LogP contribution in [0.15, 0.2) is 36.4 Å². The van der Waals surface area contributed by atoms with Gasteiger partial charge in [0.2, 0.25) is 11.8 Å².